The molecule has 6 atom stereocenters. The van der Waals surface area contributed by atoms with Crippen molar-refractivity contribution in [3.8, 4) is 0 Å². The third-order valence-electron chi connectivity index (χ3n) is 11.7. The first-order chi connectivity index (χ1) is 29.1. The van der Waals surface area contributed by atoms with Crippen LogP contribution < -0.4 is 0 Å². The zero-order valence-electron chi connectivity index (χ0n) is 38.3. The molecule has 4 N–H and O–H groups in total. The number of ether oxygens (including phenoxy) is 4. The quantitative estimate of drug-likeness (QED) is 0.0259. The maximum Gasteiger partial charge on any atom is 0.397 e. The van der Waals surface area contributed by atoms with Crippen LogP contribution in [0.1, 0.15) is 232 Å². The number of aliphatic hydroxyl groups excluding tert-OH is 3. The van der Waals surface area contributed by atoms with Gasteiger partial charge >= 0.3 is 16.4 Å². The average Bonchev–Trinajstić information content (AvgIpc) is 3.22. The summed E-state index contributed by atoms with van der Waals surface area (Å²) < 4.78 is 59.1. The summed E-state index contributed by atoms with van der Waals surface area (Å²) in [5, 5.41) is 30.7. The molecule has 1 fully saturated rings. The van der Waals surface area contributed by atoms with Crippen molar-refractivity contribution in [1.29, 1.82) is 0 Å². The molecule has 0 saturated carbocycles. The fourth-order valence-corrected chi connectivity index (χ4v) is 8.48. The molecule has 1 aliphatic heterocycles. The van der Waals surface area contributed by atoms with Crippen molar-refractivity contribution in [1.82, 2.24) is 0 Å². The lowest BCUT2D eigenvalue weighted by Crippen LogP contribution is -2.60. The van der Waals surface area contributed by atoms with Gasteiger partial charge in [-0.3, -0.25) is 9.35 Å². The highest BCUT2D eigenvalue weighted by Gasteiger charge is 2.48. The topological polar surface area (TPSA) is 178 Å². The number of hydrogen-bond donors (Lipinski definition) is 4. The minimum atomic E-state index is -5.06. The lowest BCUT2D eigenvalue weighted by atomic mass is 9.99. The van der Waals surface area contributed by atoms with E-state index in [1.54, 1.807) is 0 Å². The molecule has 0 aliphatic carbocycles. The first-order valence-corrected chi connectivity index (χ1v) is 26.2. The summed E-state index contributed by atoms with van der Waals surface area (Å²) in [6.45, 7) is 4.04. The molecule has 0 amide bonds. The first kappa shape index (κ1) is 57.1. The predicted molar refractivity (Wildman–Crippen MR) is 239 cm³/mol. The minimum absolute atomic E-state index is 0.0445. The van der Waals surface area contributed by atoms with E-state index in [0.29, 0.717) is 13.0 Å². The third kappa shape index (κ3) is 32.7. The molecule has 0 aromatic heterocycles. The van der Waals surface area contributed by atoms with E-state index >= 15 is 0 Å². The van der Waals surface area contributed by atoms with Gasteiger partial charge in [0.25, 0.3) is 0 Å². The lowest BCUT2D eigenvalue weighted by Gasteiger charge is -2.41. The van der Waals surface area contributed by atoms with E-state index in [4.69, 9.17) is 23.5 Å². The van der Waals surface area contributed by atoms with Gasteiger partial charge < -0.3 is 34.3 Å². The zero-order chi connectivity index (χ0) is 43.9. The van der Waals surface area contributed by atoms with E-state index in [1.807, 2.05) is 0 Å². The van der Waals surface area contributed by atoms with Gasteiger partial charge in [0.1, 0.15) is 30.5 Å². The summed E-state index contributed by atoms with van der Waals surface area (Å²) in [7, 11) is -5.06. The molecule has 60 heavy (non-hydrogen) atoms. The molecule has 1 aliphatic rings. The Morgan fingerprint density at radius 3 is 1.33 bits per heavy atom. The summed E-state index contributed by atoms with van der Waals surface area (Å²) in [4.78, 5) is 12.9. The van der Waals surface area contributed by atoms with Crippen molar-refractivity contribution in [2.24, 2.45) is 0 Å². The largest absolute Gasteiger partial charge is 0.457 e. The normalized spacial score (nSPS) is 20.1. The highest BCUT2D eigenvalue weighted by molar-refractivity contribution is 7.80. The average molecular weight is 881 g/mol. The summed E-state index contributed by atoms with van der Waals surface area (Å²) in [6, 6.07) is 0. The van der Waals surface area contributed by atoms with Gasteiger partial charge in [0.15, 0.2) is 6.29 Å². The molecule has 12 nitrogen and oxygen atoms in total. The van der Waals surface area contributed by atoms with Crippen LogP contribution in [0.2, 0.25) is 0 Å². The van der Waals surface area contributed by atoms with Crippen LogP contribution in [0.3, 0.4) is 0 Å². The fourth-order valence-electron chi connectivity index (χ4n) is 7.97. The number of carbonyl (C=O) groups is 1. The molecule has 6 unspecified atom stereocenters. The molecule has 13 heteroatoms. The van der Waals surface area contributed by atoms with E-state index < -0.39 is 59.8 Å². The van der Waals surface area contributed by atoms with Gasteiger partial charge in [0.05, 0.1) is 19.8 Å². The van der Waals surface area contributed by atoms with Gasteiger partial charge in [0, 0.05) is 13.0 Å². The Balaban J connectivity index is 2.33. The molecule has 0 spiro atoms. The predicted octanol–water partition coefficient (Wildman–Crippen LogP) is 10.9. The maximum absolute atomic E-state index is 12.9. The van der Waals surface area contributed by atoms with Crippen molar-refractivity contribution in [2.75, 3.05) is 26.4 Å². The molecule has 0 aromatic carbocycles. The van der Waals surface area contributed by atoms with E-state index in [2.05, 4.69) is 18.0 Å². The molecule has 0 aromatic rings. The van der Waals surface area contributed by atoms with Gasteiger partial charge in [-0.15, -0.1) is 0 Å². The van der Waals surface area contributed by atoms with Crippen LogP contribution in [-0.2, 0) is 38.3 Å². The van der Waals surface area contributed by atoms with Crippen LogP contribution >= 0.6 is 0 Å². The SMILES string of the molecule is CCCCCCCCCCCCCCCCCCCCCCCC(=O)OC(COCCCCCCCCCCCCCC)COC1OC(CO)C(O)C(OS(=O)(=O)O)C1O. The maximum atomic E-state index is 12.9. The molecule has 358 valence electrons. The second kappa shape index (κ2) is 39.7. The Labute approximate surface area is 366 Å². The Hall–Kier alpha value is -0.900. The smallest absolute Gasteiger partial charge is 0.397 e. The van der Waals surface area contributed by atoms with Crippen LogP contribution in [-0.4, -0.2) is 97.5 Å². The molecule has 0 bridgehead atoms. The summed E-state index contributed by atoms with van der Waals surface area (Å²) in [5.74, 6) is -0.392. The van der Waals surface area contributed by atoms with Crippen LogP contribution in [0.5, 0.6) is 0 Å². The second-order valence-electron chi connectivity index (χ2n) is 17.4. The number of aliphatic hydroxyl groups is 3. The second-order valence-corrected chi connectivity index (χ2v) is 18.5. The number of rotatable bonds is 44. The Morgan fingerprint density at radius 1 is 0.567 bits per heavy atom. The van der Waals surface area contributed by atoms with Crippen molar-refractivity contribution in [3.05, 3.63) is 0 Å². The fraction of sp³-hybridized carbons (Fsp3) is 0.979. The molecule has 1 rings (SSSR count). The highest BCUT2D eigenvalue weighted by Crippen LogP contribution is 2.26. The lowest BCUT2D eigenvalue weighted by molar-refractivity contribution is -0.301. The first-order valence-electron chi connectivity index (χ1n) is 24.8. The van der Waals surface area contributed by atoms with Gasteiger partial charge in [-0.2, -0.15) is 8.42 Å². The van der Waals surface area contributed by atoms with Crippen LogP contribution in [0.4, 0.5) is 0 Å². The van der Waals surface area contributed by atoms with E-state index in [1.165, 1.54) is 167 Å². The monoisotopic (exact) mass is 881 g/mol. The Bertz CT molecular complexity index is 1060. The van der Waals surface area contributed by atoms with Crippen molar-refractivity contribution < 1.29 is 56.2 Å². The Morgan fingerprint density at radius 2 is 0.950 bits per heavy atom. The van der Waals surface area contributed by atoms with Crippen molar-refractivity contribution in [2.45, 2.75) is 269 Å². The van der Waals surface area contributed by atoms with Gasteiger partial charge in [-0.05, 0) is 12.8 Å². The van der Waals surface area contributed by atoms with E-state index in [0.717, 1.165) is 38.5 Å². The minimum Gasteiger partial charge on any atom is -0.457 e. The molecular formula is C47H92O12S. The summed E-state index contributed by atoms with van der Waals surface area (Å²) >= 11 is 0. The highest BCUT2D eigenvalue weighted by atomic mass is 32.3. The van der Waals surface area contributed by atoms with Crippen LogP contribution in [0, 0.1) is 0 Å². The van der Waals surface area contributed by atoms with E-state index in [-0.39, 0.29) is 19.6 Å². The number of hydrogen-bond acceptors (Lipinski definition) is 11. The Kier molecular flexibility index (Phi) is 37.8. The van der Waals surface area contributed by atoms with Gasteiger partial charge in [-0.1, -0.05) is 213 Å². The molecule has 0 radical (unpaired) electrons. The van der Waals surface area contributed by atoms with Crippen molar-refractivity contribution in [3.63, 3.8) is 0 Å². The molecule has 1 saturated heterocycles. The number of unbranched alkanes of at least 4 members (excludes halogenated alkanes) is 31. The van der Waals surface area contributed by atoms with Crippen LogP contribution in [0.25, 0.3) is 0 Å². The van der Waals surface area contributed by atoms with E-state index in [9.17, 15) is 28.5 Å². The van der Waals surface area contributed by atoms with Crippen LogP contribution in [0.15, 0.2) is 0 Å². The zero-order valence-corrected chi connectivity index (χ0v) is 39.1. The molecule has 1 heterocycles. The summed E-state index contributed by atoms with van der Waals surface area (Å²) in [5.41, 5.74) is 0. The number of carbonyl (C=O) groups excluding carboxylic acids is 1. The number of esters is 1. The summed E-state index contributed by atoms with van der Waals surface area (Å²) in [6.07, 6.45) is 32.8. The van der Waals surface area contributed by atoms with Gasteiger partial charge in [-0.25, -0.2) is 4.18 Å². The molecular weight excluding hydrogens is 789 g/mol. The van der Waals surface area contributed by atoms with Gasteiger partial charge in [0.2, 0.25) is 0 Å². The standard InChI is InChI=1S/C47H92O12S/c1-3-5-7-9-11-13-15-17-18-19-20-21-22-23-24-25-26-28-30-32-34-36-43(49)57-41(39-55-37-35-33-31-29-27-16-14-12-10-8-6-4-2)40-56-47-45(51)46(59-60(52,53)54)44(50)42(38-48)58-47/h41-42,44-48,50-51H,3-40H2,1-2H3,(H,52,53,54). The van der Waals surface area contributed by atoms with Crippen molar-refractivity contribution >= 4 is 16.4 Å². The third-order valence-corrected chi connectivity index (χ3v) is 12.2.